The number of amides is 1. The van der Waals surface area contributed by atoms with Crippen LogP contribution in [0.2, 0.25) is 0 Å². The third kappa shape index (κ3) is 5.88. The summed E-state index contributed by atoms with van der Waals surface area (Å²) in [7, 11) is 1.61. The molecule has 0 aliphatic rings. The monoisotopic (exact) mass is 242 g/mol. The van der Waals surface area contributed by atoms with Crippen molar-refractivity contribution in [2.24, 2.45) is 0 Å². The number of nitrogens with zero attached hydrogens (tertiary/aromatic N) is 2. The van der Waals surface area contributed by atoms with E-state index in [0.29, 0.717) is 32.2 Å². The molecule has 1 rings (SSSR count). The molecule has 17 heavy (non-hydrogen) atoms. The molecule has 1 heterocycles. The van der Waals surface area contributed by atoms with E-state index in [1.807, 2.05) is 0 Å². The molecule has 1 aromatic rings. The predicted octanol–water partition coefficient (Wildman–Crippen LogP) is -0.755. The normalized spacial score (nSPS) is 10.4. The highest BCUT2D eigenvalue weighted by Crippen LogP contribution is 1.94. The van der Waals surface area contributed by atoms with Gasteiger partial charge >= 0.3 is 0 Å². The minimum absolute atomic E-state index is 0.122. The molecule has 0 spiro atoms. The zero-order chi connectivity index (χ0) is 12.5. The molecular weight excluding hydrogens is 224 g/mol. The van der Waals surface area contributed by atoms with E-state index in [9.17, 15) is 4.79 Å². The lowest BCUT2D eigenvalue weighted by atomic mass is 10.5. The minimum Gasteiger partial charge on any atom is -0.382 e. The predicted molar refractivity (Wildman–Crippen MR) is 62.3 cm³/mol. The molecule has 1 amide bonds. The Morgan fingerprint density at radius 1 is 1.53 bits per heavy atom. The number of carbonyl (C=O) groups excluding carboxylic acids is 1. The number of methoxy groups -OCH3 is 1. The van der Waals surface area contributed by atoms with Gasteiger partial charge in [-0.25, -0.2) is 0 Å². The first-order valence-electron chi connectivity index (χ1n) is 5.34. The number of hydrogen-bond acceptors (Lipinski definition) is 5. The molecule has 0 aromatic carbocycles. The van der Waals surface area contributed by atoms with E-state index in [-0.39, 0.29) is 12.5 Å². The van der Waals surface area contributed by atoms with Crippen molar-refractivity contribution >= 4 is 11.7 Å². The fourth-order valence-electron chi connectivity index (χ4n) is 1.18. The van der Waals surface area contributed by atoms with Gasteiger partial charge in [0.15, 0.2) is 0 Å². The summed E-state index contributed by atoms with van der Waals surface area (Å²) in [5.74, 6) is 0.282. The summed E-state index contributed by atoms with van der Waals surface area (Å²) in [5.41, 5.74) is 5.43. The van der Waals surface area contributed by atoms with Crippen LogP contribution in [0, 0.1) is 0 Å². The maximum absolute atomic E-state index is 11.4. The van der Waals surface area contributed by atoms with Gasteiger partial charge in [0.25, 0.3) is 0 Å². The number of nitrogen functional groups attached to an aromatic ring is 1. The molecular formula is C10H18N4O3. The van der Waals surface area contributed by atoms with Crippen molar-refractivity contribution in [1.29, 1.82) is 0 Å². The Labute approximate surface area is 99.9 Å². The Bertz CT molecular complexity index is 340. The third-order valence-electron chi connectivity index (χ3n) is 1.97. The van der Waals surface area contributed by atoms with E-state index in [1.54, 1.807) is 19.4 Å². The Kier molecular flexibility index (Phi) is 6.05. The number of rotatable bonds is 8. The average Bonchev–Trinajstić information content (AvgIpc) is 2.69. The van der Waals surface area contributed by atoms with Crippen LogP contribution in [0.25, 0.3) is 0 Å². The van der Waals surface area contributed by atoms with Crippen molar-refractivity contribution in [1.82, 2.24) is 15.1 Å². The molecule has 1 aromatic heterocycles. The minimum atomic E-state index is -0.122. The smallest absolute Gasteiger partial charge is 0.241 e. The molecule has 7 heteroatoms. The Hall–Kier alpha value is -1.60. The van der Waals surface area contributed by atoms with E-state index in [1.165, 1.54) is 4.68 Å². The van der Waals surface area contributed by atoms with E-state index >= 15 is 0 Å². The van der Waals surface area contributed by atoms with E-state index in [2.05, 4.69) is 10.4 Å². The van der Waals surface area contributed by atoms with Crippen LogP contribution in [-0.2, 0) is 20.8 Å². The fraction of sp³-hybridized carbons (Fsp3) is 0.600. The van der Waals surface area contributed by atoms with Crippen LogP contribution in [-0.4, -0.2) is 49.2 Å². The molecule has 0 aliphatic carbocycles. The quantitative estimate of drug-likeness (QED) is 0.585. The van der Waals surface area contributed by atoms with Gasteiger partial charge in [0.05, 0.1) is 19.8 Å². The van der Waals surface area contributed by atoms with Gasteiger partial charge in [-0.15, -0.1) is 0 Å². The van der Waals surface area contributed by atoms with Gasteiger partial charge in [0.1, 0.15) is 12.4 Å². The van der Waals surface area contributed by atoms with E-state index in [0.717, 1.165) is 0 Å². The van der Waals surface area contributed by atoms with Crippen LogP contribution in [0.4, 0.5) is 5.82 Å². The first kappa shape index (κ1) is 13.5. The molecule has 0 fully saturated rings. The molecule has 0 saturated heterocycles. The van der Waals surface area contributed by atoms with Gasteiger partial charge in [0.2, 0.25) is 5.91 Å². The molecule has 96 valence electrons. The largest absolute Gasteiger partial charge is 0.382 e. The fourth-order valence-corrected chi connectivity index (χ4v) is 1.18. The highest BCUT2D eigenvalue weighted by Gasteiger charge is 2.02. The summed E-state index contributed by atoms with van der Waals surface area (Å²) in [4.78, 5) is 11.4. The second-order valence-electron chi connectivity index (χ2n) is 3.39. The van der Waals surface area contributed by atoms with E-state index < -0.39 is 0 Å². The Morgan fingerprint density at radius 3 is 3.00 bits per heavy atom. The number of ether oxygens (including phenoxy) is 2. The van der Waals surface area contributed by atoms with E-state index in [4.69, 9.17) is 15.2 Å². The molecule has 0 bridgehead atoms. The SMILES string of the molecule is COCCOCCNC(=O)Cn1ccc(N)n1. The summed E-state index contributed by atoms with van der Waals surface area (Å²) < 4.78 is 11.5. The molecule has 3 N–H and O–H groups in total. The lowest BCUT2D eigenvalue weighted by molar-refractivity contribution is -0.122. The molecule has 0 saturated carbocycles. The van der Waals surface area contributed by atoms with Crippen molar-refractivity contribution in [2.75, 3.05) is 39.2 Å². The number of carbonyl (C=O) groups is 1. The second-order valence-corrected chi connectivity index (χ2v) is 3.39. The van der Waals surface area contributed by atoms with Crippen LogP contribution in [0.5, 0.6) is 0 Å². The van der Waals surface area contributed by atoms with Gasteiger partial charge < -0.3 is 20.5 Å². The maximum atomic E-state index is 11.4. The zero-order valence-corrected chi connectivity index (χ0v) is 9.89. The topological polar surface area (TPSA) is 91.4 Å². The van der Waals surface area contributed by atoms with Crippen molar-refractivity contribution < 1.29 is 14.3 Å². The number of hydrogen-bond donors (Lipinski definition) is 2. The summed E-state index contributed by atoms with van der Waals surface area (Å²) in [6.07, 6.45) is 1.66. The maximum Gasteiger partial charge on any atom is 0.241 e. The van der Waals surface area contributed by atoms with Crippen molar-refractivity contribution in [3.8, 4) is 0 Å². The Balaban J connectivity index is 2.05. The van der Waals surface area contributed by atoms with Crippen LogP contribution < -0.4 is 11.1 Å². The van der Waals surface area contributed by atoms with Crippen molar-refractivity contribution in [3.05, 3.63) is 12.3 Å². The highest BCUT2D eigenvalue weighted by atomic mass is 16.5. The number of nitrogens with two attached hydrogens (primary N) is 1. The molecule has 0 aliphatic heterocycles. The second kappa shape index (κ2) is 7.64. The number of aromatic nitrogens is 2. The lowest BCUT2D eigenvalue weighted by Gasteiger charge is -2.06. The summed E-state index contributed by atoms with van der Waals surface area (Å²) in [5, 5.41) is 6.62. The van der Waals surface area contributed by atoms with Crippen LogP contribution >= 0.6 is 0 Å². The first-order valence-corrected chi connectivity index (χ1v) is 5.34. The standard InChI is InChI=1S/C10H18N4O3/c1-16-6-7-17-5-3-12-10(15)8-14-4-2-9(11)13-14/h2,4H,3,5-8H2,1H3,(H2,11,13)(H,12,15). The van der Waals surface area contributed by atoms with Gasteiger partial charge in [0, 0.05) is 19.9 Å². The highest BCUT2D eigenvalue weighted by molar-refractivity contribution is 5.75. The molecule has 7 nitrogen and oxygen atoms in total. The van der Waals surface area contributed by atoms with Gasteiger partial charge in [-0.2, -0.15) is 5.10 Å². The first-order chi connectivity index (χ1) is 8.22. The van der Waals surface area contributed by atoms with Gasteiger partial charge in [-0.1, -0.05) is 0 Å². The Morgan fingerprint density at radius 2 is 2.35 bits per heavy atom. The third-order valence-corrected chi connectivity index (χ3v) is 1.97. The summed E-state index contributed by atoms with van der Waals surface area (Å²) in [6.45, 7) is 2.19. The molecule has 0 atom stereocenters. The summed E-state index contributed by atoms with van der Waals surface area (Å²) >= 11 is 0. The van der Waals surface area contributed by atoms with Gasteiger partial charge in [-0.05, 0) is 6.07 Å². The number of anilines is 1. The molecule has 0 unspecified atom stereocenters. The average molecular weight is 242 g/mol. The van der Waals surface area contributed by atoms with Crippen molar-refractivity contribution in [3.63, 3.8) is 0 Å². The van der Waals surface area contributed by atoms with Crippen LogP contribution in [0.1, 0.15) is 0 Å². The lowest BCUT2D eigenvalue weighted by Crippen LogP contribution is -2.31. The summed E-state index contributed by atoms with van der Waals surface area (Å²) in [6, 6.07) is 1.64. The van der Waals surface area contributed by atoms with Crippen LogP contribution in [0.3, 0.4) is 0 Å². The van der Waals surface area contributed by atoms with Crippen molar-refractivity contribution in [2.45, 2.75) is 6.54 Å². The van der Waals surface area contributed by atoms with Gasteiger partial charge in [-0.3, -0.25) is 9.48 Å². The zero-order valence-electron chi connectivity index (χ0n) is 9.89. The number of nitrogens with one attached hydrogen (secondary N) is 1. The van der Waals surface area contributed by atoms with Crippen LogP contribution in [0.15, 0.2) is 12.3 Å². The molecule has 0 radical (unpaired) electrons.